The maximum absolute atomic E-state index is 12.4. The molecule has 3 heteroatoms. The Morgan fingerprint density at radius 2 is 2.00 bits per heavy atom. The predicted octanol–water partition coefficient (Wildman–Crippen LogP) is 3.34. The van der Waals surface area contributed by atoms with Gasteiger partial charge in [0.1, 0.15) is 0 Å². The first kappa shape index (κ1) is 12.9. The number of carbonyl (C=O) groups is 1. The van der Waals surface area contributed by atoms with Crippen molar-refractivity contribution >= 4 is 11.7 Å². The smallest absolute Gasteiger partial charge is 0.322 e. The van der Waals surface area contributed by atoms with E-state index in [2.05, 4.69) is 18.3 Å². The van der Waals surface area contributed by atoms with Gasteiger partial charge < -0.3 is 5.32 Å². The third-order valence-electron chi connectivity index (χ3n) is 3.22. The van der Waals surface area contributed by atoms with Gasteiger partial charge in [0.25, 0.3) is 0 Å². The van der Waals surface area contributed by atoms with Crippen LogP contribution < -0.4 is 10.2 Å². The van der Waals surface area contributed by atoms with Gasteiger partial charge in [0, 0.05) is 17.3 Å². The number of amides is 2. The molecular weight excluding hydrogens is 224 g/mol. The van der Waals surface area contributed by atoms with E-state index in [1.54, 1.807) is 0 Å². The number of carbonyl (C=O) groups excluding carboxylic acids is 1. The Balaban J connectivity index is 2.29. The molecule has 1 aromatic rings. The lowest BCUT2D eigenvalue weighted by molar-refractivity contribution is 0.235. The standard InChI is InChI=1S/C15H22N2O/c1-11-9-10-12-7-5-6-8-13(12)17(11)14(18)16-15(2,3)4/h5-8,11H,9-10H2,1-4H3,(H,16,18). The van der Waals surface area contributed by atoms with Gasteiger partial charge in [-0.05, 0) is 52.2 Å². The minimum Gasteiger partial charge on any atom is -0.333 e. The molecule has 1 N–H and O–H groups in total. The quantitative estimate of drug-likeness (QED) is 0.748. The average molecular weight is 246 g/mol. The Hall–Kier alpha value is -1.51. The number of nitrogens with zero attached hydrogens (tertiary/aromatic N) is 1. The van der Waals surface area contributed by atoms with Gasteiger partial charge in [0.05, 0.1) is 0 Å². The van der Waals surface area contributed by atoms with Crippen molar-refractivity contribution in [3.8, 4) is 0 Å². The first-order chi connectivity index (χ1) is 8.38. The third-order valence-corrected chi connectivity index (χ3v) is 3.22. The molecule has 1 aromatic carbocycles. The van der Waals surface area contributed by atoms with Gasteiger partial charge in [-0.15, -0.1) is 0 Å². The van der Waals surface area contributed by atoms with Crippen molar-refractivity contribution in [3.05, 3.63) is 29.8 Å². The number of para-hydroxylation sites is 1. The molecule has 2 rings (SSSR count). The fraction of sp³-hybridized carbons (Fsp3) is 0.533. The van der Waals surface area contributed by atoms with Gasteiger partial charge in [0.15, 0.2) is 0 Å². The molecule has 0 spiro atoms. The zero-order valence-electron chi connectivity index (χ0n) is 11.7. The Labute approximate surface area is 109 Å². The van der Waals surface area contributed by atoms with Crippen LogP contribution in [0.4, 0.5) is 10.5 Å². The largest absolute Gasteiger partial charge is 0.333 e. The van der Waals surface area contributed by atoms with Crippen LogP contribution >= 0.6 is 0 Å². The zero-order valence-corrected chi connectivity index (χ0v) is 11.7. The lowest BCUT2D eigenvalue weighted by Gasteiger charge is -2.37. The number of benzene rings is 1. The Morgan fingerprint density at radius 1 is 1.33 bits per heavy atom. The number of hydrogen-bond acceptors (Lipinski definition) is 1. The molecule has 0 aliphatic carbocycles. The zero-order chi connectivity index (χ0) is 13.3. The highest BCUT2D eigenvalue weighted by Gasteiger charge is 2.29. The van der Waals surface area contributed by atoms with Crippen molar-refractivity contribution < 1.29 is 4.79 Å². The summed E-state index contributed by atoms with van der Waals surface area (Å²) >= 11 is 0. The number of nitrogens with one attached hydrogen (secondary N) is 1. The van der Waals surface area contributed by atoms with Crippen LogP contribution in [0.1, 0.15) is 39.7 Å². The molecule has 0 fully saturated rings. The first-order valence-corrected chi connectivity index (χ1v) is 6.58. The van der Waals surface area contributed by atoms with Gasteiger partial charge in [-0.2, -0.15) is 0 Å². The highest BCUT2D eigenvalue weighted by molar-refractivity contribution is 5.94. The summed E-state index contributed by atoms with van der Waals surface area (Å²) in [7, 11) is 0. The molecule has 1 atom stereocenters. The van der Waals surface area contributed by atoms with Crippen LogP contribution in [0.3, 0.4) is 0 Å². The van der Waals surface area contributed by atoms with Gasteiger partial charge in [-0.25, -0.2) is 4.79 Å². The van der Waals surface area contributed by atoms with Crippen molar-refractivity contribution in [1.82, 2.24) is 5.32 Å². The molecular formula is C15H22N2O. The summed E-state index contributed by atoms with van der Waals surface area (Å²) < 4.78 is 0. The topological polar surface area (TPSA) is 32.3 Å². The maximum atomic E-state index is 12.4. The number of rotatable bonds is 0. The molecule has 1 unspecified atom stereocenters. The second kappa shape index (κ2) is 4.63. The van der Waals surface area contributed by atoms with Crippen LogP contribution in [0, 0.1) is 0 Å². The molecule has 0 saturated heterocycles. The second-order valence-electron chi connectivity index (χ2n) is 6.07. The molecule has 1 heterocycles. The van der Waals surface area contributed by atoms with E-state index in [4.69, 9.17) is 0 Å². The molecule has 0 aromatic heterocycles. The lowest BCUT2D eigenvalue weighted by atomic mass is 9.97. The Bertz CT molecular complexity index is 448. The van der Waals surface area contributed by atoms with Crippen molar-refractivity contribution in [2.45, 2.75) is 52.1 Å². The van der Waals surface area contributed by atoms with Crippen LogP contribution in [0.25, 0.3) is 0 Å². The van der Waals surface area contributed by atoms with Crippen molar-refractivity contribution in [1.29, 1.82) is 0 Å². The van der Waals surface area contributed by atoms with Crippen LogP contribution in [-0.2, 0) is 6.42 Å². The molecule has 0 bridgehead atoms. The van der Waals surface area contributed by atoms with E-state index in [9.17, 15) is 4.79 Å². The van der Waals surface area contributed by atoms with E-state index in [0.717, 1.165) is 18.5 Å². The number of fused-ring (bicyclic) bond motifs is 1. The summed E-state index contributed by atoms with van der Waals surface area (Å²) in [6, 6.07) is 8.43. The summed E-state index contributed by atoms with van der Waals surface area (Å²) in [4.78, 5) is 14.3. The highest BCUT2D eigenvalue weighted by Crippen LogP contribution is 2.30. The van der Waals surface area contributed by atoms with Crippen LogP contribution in [0.2, 0.25) is 0 Å². The molecule has 1 aliphatic heterocycles. The van der Waals surface area contributed by atoms with Crippen LogP contribution in [0.5, 0.6) is 0 Å². The number of urea groups is 1. The molecule has 3 nitrogen and oxygen atoms in total. The monoisotopic (exact) mass is 246 g/mol. The van der Waals surface area contributed by atoms with E-state index in [-0.39, 0.29) is 17.6 Å². The minimum absolute atomic E-state index is 0.00199. The SMILES string of the molecule is CC1CCc2ccccc2N1C(=O)NC(C)(C)C. The van der Waals surface area contributed by atoms with Crippen molar-refractivity contribution in [3.63, 3.8) is 0 Å². The average Bonchev–Trinajstić information content (AvgIpc) is 2.26. The van der Waals surface area contributed by atoms with Gasteiger partial charge >= 0.3 is 6.03 Å². The summed E-state index contributed by atoms with van der Waals surface area (Å²) in [6.07, 6.45) is 2.07. The van der Waals surface area contributed by atoms with Gasteiger partial charge in [0.2, 0.25) is 0 Å². The second-order valence-corrected chi connectivity index (χ2v) is 6.07. The Morgan fingerprint density at radius 3 is 2.67 bits per heavy atom. The van der Waals surface area contributed by atoms with Crippen molar-refractivity contribution in [2.24, 2.45) is 0 Å². The van der Waals surface area contributed by atoms with E-state index < -0.39 is 0 Å². The van der Waals surface area contributed by atoms with E-state index in [1.807, 2.05) is 43.9 Å². The summed E-state index contributed by atoms with van der Waals surface area (Å²) in [5.41, 5.74) is 2.11. The van der Waals surface area contributed by atoms with E-state index in [0.29, 0.717) is 0 Å². The molecule has 0 saturated carbocycles. The fourth-order valence-corrected chi connectivity index (χ4v) is 2.38. The highest BCUT2D eigenvalue weighted by atomic mass is 16.2. The fourth-order valence-electron chi connectivity index (χ4n) is 2.38. The van der Waals surface area contributed by atoms with Crippen molar-refractivity contribution in [2.75, 3.05) is 4.90 Å². The Kier molecular flexibility index (Phi) is 3.33. The number of aryl methyl sites for hydroxylation is 1. The van der Waals surface area contributed by atoms with Crippen LogP contribution in [0.15, 0.2) is 24.3 Å². The predicted molar refractivity (Wildman–Crippen MR) is 75.0 cm³/mol. The van der Waals surface area contributed by atoms with E-state index >= 15 is 0 Å². The summed E-state index contributed by atoms with van der Waals surface area (Å²) in [5.74, 6) is 0. The number of anilines is 1. The molecule has 1 aliphatic rings. The first-order valence-electron chi connectivity index (χ1n) is 6.58. The van der Waals surface area contributed by atoms with E-state index in [1.165, 1.54) is 5.56 Å². The molecule has 2 amide bonds. The van der Waals surface area contributed by atoms with Crippen LogP contribution in [-0.4, -0.2) is 17.6 Å². The summed E-state index contributed by atoms with van der Waals surface area (Å²) in [6.45, 7) is 8.13. The lowest BCUT2D eigenvalue weighted by Crippen LogP contribution is -2.53. The minimum atomic E-state index is -0.205. The third kappa shape index (κ3) is 2.66. The molecule has 98 valence electrons. The molecule has 18 heavy (non-hydrogen) atoms. The van der Waals surface area contributed by atoms with Gasteiger partial charge in [-0.1, -0.05) is 18.2 Å². The molecule has 0 radical (unpaired) electrons. The summed E-state index contributed by atoms with van der Waals surface area (Å²) in [5, 5.41) is 3.05. The maximum Gasteiger partial charge on any atom is 0.322 e. The number of hydrogen-bond donors (Lipinski definition) is 1. The normalized spacial score (nSPS) is 19.3. The van der Waals surface area contributed by atoms with Gasteiger partial charge in [-0.3, -0.25) is 4.90 Å².